The number of hydrogen-bond donors (Lipinski definition) is 4. The van der Waals surface area contributed by atoms with E-state index in [-0.39, 0.29) is 5.75 Å². The molecule has 5 atom stereocenters. The van der Waals surface area contributed by atoms with Crippen molar-refractivity contribution in [2.75, 3.05) is 0 Å². The summed E-state index contributed by atoms with van der Waals surface area (Å²) in [6, 6.07) is 8.66. The van der Waals surface area contributed by atoms with Crippen molar-refractivity contribution in [1.29, 1.82) is 0 Å². The largest absolute Gasteiger partial charge is 0.479 e. The summed E-state index contributed by atoms with van der Waals surface area (Å²) in [5.74, 6) is -1.20. The van der Waals surface area contributed by atoms with E-state index in [1.165, 1.54) is 0 Å². The van der Waals surface area contributed by atoms with Crippen molar-refractivity contribution in [3.63, 3.8) is 0 Å². The Morgan fingerprint density at radius 1 is 1.09 bits per heavy atom. The van der Waals surface area contributed by atoms with E-state index in [4.69, 9.17) is 14.6 Å². The van der Waals surface area contributed by atoms with Gasteiger partial charge in [0, 0.05) is 11.6 Å². The van der Waals surface area contributed by atoms with Crippen LogP contribution >= 0.6 is 0 Å². The van der Waals surface area contributed by atoms with Crippen LogP contribution in [0.3, 0.4) is 0 Å². The molecule has 2 heterocycles. The molecule has 8 heteroatoms. The average molecular weight is 321 g/mol. The second kappa shape index (κ2) is 6.09. The van der Waals surface area contributed by atoms with Crippen molar-refractivity contribution >= 4 is 16.9 Å². The van der Waals surface area contributed by atoms with Crippen molar-refractivity contribution < 1.29 is 34.7 Å². The molecule has 0 saturated carbocycles. The number of aromatic nitrogens is 1. The molecule has 0 amide bonds. The molecular formula is C15H15NO7. The van der Waals surface area contributed by atoms with E-state index < -0.39 is 36.7 Å². The second-order valence-electron chi connectivity index (χ2n) is 5.18. The van der Waals surface area contributed by atoms with Crippen LogP contribution in [0.15, 0.2) is 36.5 Å². The van der Waals surface area contributed by atoms with Gasteiger partial charge >= 0.3 is 5.97 Å². The standard InChI is InChI=1S/C15H15NO7/c17-10-11(18)13(14(20)21)23-15(12(10)19)22-8-5-1-3-7-4-2-6-16-9(7)8/h1-6,10-13,15,17-19H,(H,20,21)/t10-,11-,12+,13-,15?/m1/s1. The number of carbonyl (C=O) groups is 1. The Morgan fingerprint density at radius 3 is 2.57 bits per heavy atom. The molecular weight excluding hydrogens is 306 g/mol. The zero-order valence-corrected chi connectivity index (χ0v) is 11.8. The minimum absolute atomic E-state index is 0.264. The van der Waals surface area contributed by atoms with E-state index in [1.807, 2.05) is 12.1 Å². The third kappa shape index (κ3) is 2.84. The first kappa shape index (κ1) is 15.6. The summed E-state index contributed by atoms with van der Waals surface area (Å²) in [7, 11) is 0. The van der Waals surface area contributed by atoms with Crippen LogP contribution in [0.2, 0.25) is 0 Å². The minimum Gasteiger partial charge on any atom is -0.479 e. The average Bonchev–Trinajstić information content (AvgIpc) is 2.55. The monoisotopic (exact) mass is 321 g/mol. The molecule has 1 aliphatic heterocycles. The second-order valence-corrected chi connectivity index (χ2v) is 5.18. The van der Waals surface area contributed by atoms with Crippen LogP contribution in [0, 0.1) is 0 Å². The van der Waals surface area contributed by atoms with E-state index >= 15 is 0 Å². The number of benzene rings is 1. The summed E-state index contributed by atoms with van der Waals surface area (Å²) in [6.45, 7) is 0. The Labute approximate surface area is 130 Å². The summed E-state index contributed by atoms with van der Waals surface area (Å²) in [5.41, 5.74) is 0.498. The Morgan fingerprint density at radius 2 is 1.83 bits per heavy atom. The number of carboxylic acid groups (broad SMARTS) is 1. The van der Waals surface area contributed by atoms with Gasteiger partial charge in [0.15, 0.2) is 6.10 Å². The highest BCUT2D eigenvalue weighted by Gasteiger charge is 2.48. The summed E-state index contributed by atoms with van der Waals surface area (Å²) >= 11 is 0. The van der Waals surface area contributed by atoms with Crippen molar-refractivity contribution in [1.82, 2.24) is 4.98 Å². The number of hydrogen-bond acceptors (Lipinski definition) is 7. The number of fused-ring (bicyclic) bond motifs is 1. The fourth-order valence-electron chi connectivity index (χ4n) is 2.45. The fourth-order valence-corrected chi connectivity index (χ4v) is 2.45. The molecule has 1 aromatic carbocycles. The van der Waals surface area contributed by atoms with E-state index in [0.717, 1.165) is 5.39 Å². The van der Waals surface area contributed by atoms with Gasteiger partial charge in [-0.2, -0.15) is 0 Å². The molecule has 0 spiro atoms. The number of carboxylic acids is 1. The summed E-state index contributed by atoms with van der Waals surface area (Å²) in [6.07, 6.45) is -6.68. The molecule has 23 heavy (non-hydrogen) atoms. The van der Waals surface area contributed by atoms with E-state index in [9.17, 15) is 20.1 Å². The smallest absolute Gasteiger partial charge is 0.335 e. The number of aliphatic hydroxyl groups is 3. The van der Waals surface area contributed by atoms with E-state index in [0.29, 0.717) is 5.52 Å². The summed E-state index contributed by atoms with van der Waals surface area (Å²) in [5, 5.41) is 39.2. The molecule has 3 rings (SSSR count). The first-order valence-electron chi connectivity index (χ1n) is 6.92. The minimum atomic E-state index is -1.76. The van der Waals surface area contributed by atoms with Crippen LogP contribution in [-0.4, -0.2) is 62.1 Å². The van der Waals surface area contributed by atoms with Gasteiger partial charge in [0.05, 0.1) is 0 Å². The van der Waals surface area contributed by atoms with Gasteiger partial charge in [-0.3, -0.25) is 4.98 Å². The number of aliphatic carboxylic acids is 1. The van der Waals surface area contributed by atoms with Gasteiger partial charge < -0.3 is 29.9 Å². The molecule has 1 unspecified atom stereocenters. The summed E-state index contributed by atoms with van der Waals surface area (Å²) < 4.78 is 10.6. The molecule has 1 aromatic heterocycles. The number of pyridine rings is 1. The van der Waals surface area contributed by atoms with Crippen LogP contribution < -0.4 is 4.74 Å². The van der Waals surface area contributed by atoms with Crippen LogP contribution in [-0.2, 0) is 9.53 Å². The van der Waals surface area contributed by atoms with Gasteiger partial charge in [-0.25, -0.2) is 4.79 Å². The van der Waals surface area contributed by atoms with Gasteiger partial charge in [0.1, 0.15) is 29.6 Å². The van der Waals surface area contributed by atoms with Gasteiger partial charge in [0.2, 0.25) is 6.29 Å². The molecule has 1 saturated heterocycles. The first-order chi connectivity index (χ1) is 11.0. The van der Waals surface area contributed by atoms with Crippen molar-refractivity contribution in [2.24, 2.45) is 0 Å². The topological polar surface area (TPSA) is 129 Å². The lowest BCUT2D eigenvalue weighted by molar-refractivity contribution is -0.270. The molecule has 0 bridgehead atoms. The van der Waals surface area contributed by atoms with Crippen molar-refractivity contribution in [3.8, 4) is 5.75 Å². The molecule has 1 fully saturated rings. The SMILES string of the molecule is O=C(O)[C@@H]1OC(Oc2cccc3cccnc23)[C@@H](O)[C@H](O)[C@H]1O. The third-order valence-electron chi connectivity index (χ3n) is 3.65. The number of aliphatic hydroxyl groups excluding tert-OH is 3. The molecule has 2 aromatic rings. The molecule has 0 aliphatic carbocycles. The van der Waals surface area contributed by atoms with Gasteiger partial charge in [-0.05, 0) is 12.1 Å². The first-order valence-corrected chi connectivity index (χ1v) is 6.92. The highest BCUT2D eigenvalue weighted by molar-refractivity contribution is 5.84. The third-order valence-corrected chi connectivity index (χ3v) is 3.65. The normalized spacial score (nSPS) is 31.0. The highest BCUT2D eigenvalue weighted by Crippen LogP contribution is 2.28. The number of rotatable bonds is 3. The Hall–Kier alpha value is -2.26. The van der Waals surface area contributed by atoms with Crippen molar-refractivity contribution in [2.45, 2.75) is 30.7 Å². The number of ether oxygens (including phenoxy) is 2. The predicted octanol–water partition coefficient (Wildman–Crippen LogP) is -0.494. The Kier molecular flexibility index (Phi) is 4.14. The van der Waals surface area contributed by atoms with E-state index in [1.54, 1.807) is 24.4 Å². The molecule has 8 nitrogen and oxygen atoms in total. The highest BCUT2D eigenvalue weighted by atomic mass is 16.7. The van der Waals surface area contributed by atoms with Crippen LogP contribution in [0.25, 0.3) is 10.9 Å². The lowest BCUT2D eigenvalue weighted by Gasteiger charge is -2.38. The Bertz CT molecular complexity index is 717. The van der Waals surface area contributed by atoms with Crippen LogP contribution in [0.5, 0.6) is 5.75 Å². The fraction of sp³-hybridized carbons (Fsp3) is 0.333. The zero-order valence-electron chi connectivity index (χ0n) is 11.8. The maximum Gasteiger partial charge on any atom is 0.335 e. The molecule has 1 aliphatic rings. The molecule has 0 radical (unpaired) electrons. The summed E-state index contributed by atoms with van der Waals surface area (Å²) in [4.78, 5) is 15.3. The van der Waals surface area contributed by atoms with Crippen molar-refractivity contribution in [3.05, 3.63) is 36.5 Å². The maximum atomic E-state index is 11.1. The van der Waals surface area contributed by atoms with E-state index in [2.05, 4.69) is 4.98 Å². The van der Waals surface area contributed by atoms with Crippen LogP contribution in [0.1, 0.15) is 0 Å². The maximum absolute atomic E-state index is 11.1. The predicted molar refractivity (Wildman–Crippen MR) is 76.7 cm³/mol. The lowest BCUT2D eigenvalue weighted by Crippen LogP contribution is -2.61. The van der Waals surface area contributed by atoms with Gasteiger partial charge in [0.25, 0.3) is 0 Å². The quantitative estimate of drug-likeness (QED) is 0.596. The molecule has 122 valence electrons. The lowest BCUT2D eigenvalue weighted by atomic mass is 9.99. The Balaban J connectivity index is 1.90. The van der Waals surface area contributed by atoms with Gasteiger partial charge in [-0.1, -0.05) is 18.2 Å². The number of nitrogens with zero attached hydrogens (tertiary/aromatic N) is 1. The zero-order chi connectivity index (χ0) is 16.6. The van der Waals surface area contributed by atoms with Crippen LogP contribution in [0.4, 0.5) is 0 Å². The van der Waals surface area contributed by atoms with Gasteiger partial charge in [-0.15, -0.1) is 0 Å². The number of para-hydroxylation sites is 1. The molecule has 4 N–H and O–H groups in total.